The van der Waals surface area contributed by atoms with E-state index in [-0.39, 0.29) is 11.7 Å². The van der Waals surface area contributed by atoms with Crippen molar-refractivity contribution in [3.8, 4) is 17.1 Å². The summed E-state index contributed by atoms with van der Waals surface area (Å²) in [7, 11) is 1.61. The molecule has 7 nitrogen and oxygen atoms in total. The lowest BCUT2D eigenvalue weighted by Crippen LogP contribution is -2.13. The third kappa shape index (κ3) is 4.27. The van der Waals surface area contributed by atoms with Crippen LogP contribution in [0.5, 0.6) is 5.75 Å². The quantitative estimate of drug-likeness (QED) is 0.437. The van der Waals surface area contributed by atoms with Gasteiger partial charge in [-0.3, -0.25) is 9.89 Å². The first-order chi connectivity index (χ1) is 13.6. The second kappa shape index (κ2) is 8.17. The van der Waals surface area contributed by atoms with Gasteiger partial charge in [0.2, 0.25) is 11.1 Å². The van der Waals surface area contributed by atoms with E-state index in [1.165, 1.54) is 23.1 Å². The van der Waals surface area contributed by atoms with Gasteiger partial charge in [0.1, 0.15) is 5.75 Å². The number of carbonyl (C=O) groups is 1. The van der Waals surface area contributed by atoms with Crippen LogP contribution < -0.4 is 10.1 Å². The number of hydrogen-bond donors (Lipinski definition) is 2. The fourth-order valence-corrected chi connectivity index (χ4v) is 4.05. The highest BCUT2D eigenvalue weighted by molar-refractivity contribution is 7.99. The Balaban J connectivity index is 1.36. The highest BCUT2D eigenvalue weighted by Gasteiger charge is 2.12. The molecule has 0 aliphatic rings. The number of fused-ring (bicyclic) bond motifs is 1. The molecule has 2 heterocycles. The summed E-state index contributed by atoms with van der Waals surface area (Å²) < 4.78 is 6.15. The Bertz CT molecular complexity index is 1130. The molecule has 0 radical (unpaired) electrons. The number of thioether (sulfide) groups is 1. The number of H-pyrrole nitrogens is 1. The fraction of sp³-hybridized carbons (Fsp3) is 0.111. The van der Waals surface area contributed by atoms with Gasteiger partial charge in [0, 0.05) is 10.6 Å². The van der Waals surface area contributed by atoms with Crippen LogP contribution in [0, 0.1) is 0 Å². The lowest BCUT2D eigenvalue weighted by Gasteiger charge is -1.98. The average Bonchev–Trinajstić information content (AvgIpc) is 3.32. The molecule has 0 spiro atoms. The topological polar surface area (TPSA) is 92.8 Å². The molecular weight excluding hydrogens is 418 g/mol. The van der Waals surface area contributed by atoms with Crippen molar-refractivity contribution < 1.29 is 9.53 Å². The Labute approximate surface area is 173 Å². The molecule has 0 saturated heterocycles. The minimum absolute atomic E-state index is 0.172. The number of methoxy groups -OCH3 is 1. The third-order valence-corrected chi connectivity index (χ3v) is 5.79. The van der Waals surface area contributed by atoms with Crippen molar-refractivity contribution in [2.45, 2.75) is 5.16 Å². The molecule has 1 amide bonds. The van der Waals surface area contributed by atoms with Crippen molar-refractivity contribution in [1.29, 1.82) is 0 Å². The maximum atomic E-state index is 12.2. The van der Waals surface area contributed by atoms with Gasteiger partial charge in [-0.15, -0.1) is 5.10 Å². The van der Waals surface area contributed by atoms with E-state index in [2.05, 4.69) is 25.5 Å². The van der Waals surface area contributed by atoms with Gasteiger partial charge in [-0.1, -0.05) is 34.7 Å². The number of amides is 1. The number of aromatic nitrogens is 4. The van der Waals surface area contributed by atoms with Crippen LogP contribution >= 0.6 is 34.7 Å². The van der Waals surface area contributed by atoms with E-state index >= 15 is 0 Å². The number of nitrogens with one attached hydrogen (secondary N) is 2. The van der Waals surface area contributed by atoms with Crippen molar-refractivity contribution in [2.75, 3.05) is 18.2 Å². The zero-order chi connectivity index (χ0) is 19.5. The van der Waals surface area contributed by atoms with E-state index in [1.54, 1.807) is 19.2 Å². The lowest BCUT2D eigenvalue weighted by atomic mass is 10.2. The van der Waals surface area contributed by atoms with E-state index in [4.69, 9.17) is 16.3 Å². The third-order valence-electron chi connectivity index (χ3n) is 3.76. The van der Waals surface area contributed by atoms with Crippen LogP contribution in [0.3, 0.4) is 0 Å². The largest absolute Gasteiger partial charge is 0.497 e. The molecule has 4 rings (SSSR count). The van der Waals surface area contributed by atoms with Gasteiger partial charge < -0.3 is 10.1 Å². The number of nitrogens with zero attached hydrogens (tertiary/aromatic N) is 3. The van der Waals surface area contributed by atoms with Crippen molar-refractivity contribution in [3.63, 3.8) is 0 Å². The summed E-state index contributed by atoms with van der Waals surface area (Å²) in [6, 6.07) is 12.9. The second-order valence-corrected chi connectivity index (χ2v) is 8.07. The number of anilines is 1. The Kier molecular flexibility index (Phi) is 5.47. The van der Waals surface area contributed by atoms with Crippen LogP contribution in [0.4, 0.5) is 5.13 Å². The number of aromatic amines is 1. The van der Waals surface area contributed by atoms with Crippen LogP contribution in [0.2, 0.25) is 5.02 Å². The van der Waals surface area contributed by atoms with Crippen LogP contribution in [-0.4, -0.2) is 38.9 Å². The van der Waals surface area contributed by atoms with Gasteiger partial charge in [-0.25, -0.2) is 9.97 Å². The number of carbonyl (C=O) groups excluding carboxylic acids is 1. The fourth-order valence-electron chi connectivity index (χ4n) is 2.42. The summed E-state index contributed by atoms with van der Waals surface area (Å²) in [6.45, 7) is 0. The molecule has 2 aromatic heterocycles. The van der Waals surface area contributed by atoms with Gasteiger partial charge in [-0.05, 0) is 42.5 Å². The lowest BCUT2D eigenvalue weighted by molar-refractivity contribution is -0.113. The van der Waals surface area contributed by atoms with Crippen molar-refractivity contribution >= 4 is 56.0 Å². The Morgan fingerprint density at radius 2 is 2.07 bits per heavy atom. The minimum atomic E-state index is -0.172. The zero-order valence-electron chi connectivity index (χ0n) is 14.6. The highest BCUT2D eigenvalue weighted by Crippen LogP contribution is 2.29. The first-order valence-corrected chi connectivity index (χ1v) is 10.3. The Morgan fingerprint density at radius 3 is 2.86 bits per heavy atom. The summed E-state index contributed by atoms with van der Waals surface area (Å²) in [4.78, 5) is 21.0. The average molecular weight is 432 g/mol. The number of hydrogen-bond acceptors (Lipinski definition) is 7. The minimum Gasteiger partial charge on any atom is -0.497 e. The van der Waals surface area contributed by atoms with Crippen LogP contribution in [0.25, 0.3) is 21.6 Å². The zero-order valence-corrected chi connectivity index (χ0v) is 17.0. The van der Waals surface area contributed by atoms with E-state index in [0.717, 1.165) is 21.5 Å². The first-order valence-electron chi connectivity index (χ1n) is 8.16. The summed E-state index contributed by atoms with van der Waals surface area (Å²) in [5.41, 5.74) is 1.69. The molecule has 0 aliphatic carbocycles. The maximum Gasteiger partial charge on any atom is 0.236 e. The van der Waals surface area contributed by atoms with E-state index in [0.29, 0.717) is 21.1 Å². The number of halogens is 1. The van der Waals surface area contributed by atoms with E-state index in [9.17, 15) is 4.79 Å². The number of ether oxygens (including phenoxy) is 1. The second-order valence-electron chi connectivity index (χ2n) is 5.66. The predicted molar refractivity (Wildman–Crippen MR) is 112 cm³/mol. The normalized spacial score (nSPS) is 10.9. The molecule has 0 bridgehead atoms. The number of rotatable bonds is 6. The molecule has 4 aromatic rings. The molecule has 2 aromatic carbocycles. The van der Waals surface area contributed by atoms with Crippen LogP contribution in [-0.2, 0) is 4.79 Å². The Morgan fingerprint density at radius 1 is 1.25 bits per heavy atom. The monoisotopic (exact) mass is 431 g/mol. The molecule has 2 N–H and O–H groups in total. The molecule has 0 fully saturated rings. The van der Waals surface area contributed by atoms with Gasteiger partial charge in [0.25, 0.3) is 0 Å². The van der Waals surface area contributed by atoms with Gasteiger partial charge >= 0.3 is 0 Å². The molecule has 28 heavy (non-hydrogen) atoms. The smallest absolute Gasteiger partial charge is 0.236 e. The van der Waals surface area contributed by atoms with Gasteiger partial charge in [-0.2, -0.15) is 0 Å². The van der Waals surface area contributed by atoms with Gasteiger partial charge in [0.15, 0.2) is 11.0 Å². The molecule has 0 aliphatic heterocycles. The highest BCUT2D eigenvalue weighted by atomic mass is 35.5. The van der Waals surface area contributed by atoms with Crippen molar-refractivity contribution in [1.82, 2.24) is 20.2 Å². The molecule has 0 unspecified atom stereocenters. The standard InChI is InChI=1S/C18H14ClN5O2S2/c1-26-12-6-7-13-14(8-12)28-17(20-13)21-15(25)9-27-18-22-16(23-24-18)10-2-4-11(19)5-3-10/h2-8H,9H2,1H3,(H,20,21,25)(H,22,23,24). The van der Waals surface area contributed by atoms with Gasteiger partial charge in [0.05, 0.1) is 23.1 Å². The Hall–Kier alpha value is -2.62. The maximum absolute atomic E-state index is 12.2. The number of thiazole rings is 1. The van der Waals surface area contributed by atoms with Crippen molar-refractivity contribution in [3.05, 3.63) is 47.5 Å². The van der Waals surface area contributed by atoms with Crippen LogP contribution in [0.15, 0.2) is 47.6 Å². The summed E-state index contributed by atoms with van der Waals surface area (Å²) in [5, 5.41) is 11.5. The summed E-state index contributed by atoms with van der Waals surface area (Å²) >= 11 is 8.53. The van der Waals surface area contributed by atoms with E-state index in [1.807, 2.05) is 30.3 Å². The molecule has 142 valence electrons. The van der Waals surface area contributed by atoms with Crippen LogP contribution in [0.1, 0.15) is 0 Å². The SMILES string of the molecule is COc1ccc2nc(NC(=O)CSc3n[nH]c(-c4ccc(Cl)cc4)n3)sc2c1. The summed E-state index contributed by atoms with van der Waals surface area (Å²) in [5.74, 6) is 1.39. The molecule has 0 atom stereocenters. The molecular formula is C18H14ClN5O2S2. The first kappa shape index (κ1) is 18.7. The predicted octanol–water partition coefficient (Wildman–Crippen LogP) is 4.47. The molecule has 0 saturated carbocycles. The van der Waals surface area contributed by atoms with E-state index < -0.39 is 0 Å². The number of benzene rings is 2. The van der Waals surface area contributed by atoms with Crippen molar-refractivity contribution in [2.24, 2.45) is 0 Å². The summed E-state index contributed by atoms with van der Waals surface area (Å²) in [6.07, 6.45) is 0. The molecule has 10 heteroatoms.